The van der Waals surface area contributed by atoms with Gasteiger partial charge in [0.2, 0.25) is 16.6 Å². The van der Waals surface area contributed by atoms with Gasteiger partial charge in [0, 0.05) is 0 Å². The van der Waals surface area contributed by atoms with Crippen molar-refractivity contribution in [3.05, 3.63) is 24.3 Å². The predicted molar refractivity (Wildman–Crippen MR) is 98.1 cm³/mol. The molecule has 6 heteroatoms. The number of allylic oxidation sites excluding steroid dienone is 4. The highest BCUT2D eigenvalue weighted by Gasteiger charge is 2.58. The minimum absolute atomic E-state index is 0.0630. The maximum atomic E-state index is 12.9. The molecule has 4 nitrogen and oxygen atoms in total. The average Bonchev–Trinajstić information content (AvgIpc) is 2.32. The maximum absolute atomic E-state index is 12.9. The van der Waals surface area contributed by atoms with Crippen LogP contribution in [0.3, 0.4) is 0 Å². The Morgan fingerprint density at radius 2 is 0.917 bits per heavy atom. The number of rotatable bonds is 4. The summed E-state index contributed by atoms with van der Waals surface area (Å²) in [5.41, 5.74) is 0. The summed E-state index contributed by atoms with van der Waals surface area (Å²) < 4.78 is 11.6. The summed E-state index contributed by atoms with van der Waals surface area (Å²) in [4.78, 5) is 25.8. The van der Waals surface area contributed by atoms with Crippen molar-refractivity contribution in [3.8, 4) is 0 Å². The summed E-state index contributed by atoms with van der Waals surface area (Å²) in [5.74, 6) is -0.343. The van der Waals surface area contributed by atoms with Crippen LogP contribution >= 0.6 is 0 Å². The molecule has 1 saturated carbocycles. The van der Waals surface area contributed by atoms with Gasteiger partial charge in [0.1, 0.15) is 0 Å². The molecule has 0 saturated heterocycles. The van der Waals surface area contributed by atoms with Crippen molar-refractivity contribution in [3.63, 3.8) is 0 Å². The summed E-state index contributed by atoms with van der Waals surface area (Å²) in [6.45, 7) is 12.0. The van der Waals surface area contributed by atoms with Gasteiger partial charge in [-0.3, -0.25) is 9.59 Å². The number of carbonyl (C=O) groups excluding carboxylic acids is 2. The largest absolute Gasteiger partial charge is 0.520 e. The van der Waals surface area contributed by atoms with Gasteiger partial charge in [0.05, 0.1) is 11.8 Å². The van der Waals surface area contributed by atoms with E-state index < -0.39 is 28.5 Å². The number of carbonyl (C=O) groups is 2. The first-order valence-electron chi connectivity index (χ1n) is 8.80. The van der Waals surface area contributed by atoms with Crippen molar-refractivity contribution < 1.29 is 18.4 Å². The summed E-state index contributed by atoms with van der Waals surface area (Å²) in [6.07, 6.45) is 8.62. The highest BCUT2D eigenvalue weighted by Crippen LogP contribution is 2.56. The Kier molecular flexibility index (Phi) is 4.19. The van der Waals surface area contributed by atoms with Crippen molar-refractivity contribution in [2.45, 2.75) is 39.3 Å². The first-order chi connectivity index (χ1) is 11.0. The van der Waals surface area contributed by atoms with Gasteiger partial charge in [-0.25, -0.2) is 0 Å². The fourth-order valence-corrected chi connectivity index (χ4v) is 5.67. The molecule has 4 aliphatic rings. The van der Waals surface area contributed by atoms with Crippen LogP contribution in [0.1, 0.15) is 0 Å². The van der Waals surface area contributed by atoms with E-state index in [-0.39, 0.29) is 23.8 Å². The minimum Gasteiger partial charge on any atom is -0.520 e. The van der Waals surface area contributed by atoms with Crippen LogP contribution in [0.15, 0.2) is 24.3 Å². The molecule has 2 bridgehead atoms. The molecule has 0 heterocycles. The quantitative estimate of drug-likeness (QED) is 0.565. The van der Waals surface area contributed by atoms with Crippen molar-refractivity contribution in [2.75, 3.05) is 0 Å². The molecular formula is C18H28O4Si2. The van der Waals surface area contributed by atoms with Crippen LogP contribution < -0.4 is 0 Å². The van der Waals surface area contributed by atoms with E-state index in [9.17, 15) is 9.59 Å². The second-order valence-electron chi connectivity index (χ2n) is 9.20. The second kappa shape index (κ2) is 5.69. The lowest BCUT2D eigenvalue weighted by molar-refractivity contribution is -0.161. The van der Waals surface area contributed by atoms with E-state index in [1.54, 1.807) is 0 Å². The monoisotopic (exact) mass is 364 g/mol. The maximum Gasteiger partial charge on any atom is 0.297 e. The van der Waals surface area contributed by atoms with Crippen LogP contribution in [-0.2, 0) is 18.4 Å². The van der Waals surface area contributed by atoms with Gasteiger partial charge in [-0.05, 0) is 63.0 Å². The number of hydrogen-bond donors (Lipinski definition) is 0. The topological polar surface area (TPSA) is 52.6 Å². The van der Waals surface area contributed by atoms with E-state index in [2.05, 4.69) is 24.3 Å². The lowest BCUT2D eigenvalue weighted by Gasteiger charge is -2.54. The van der Waals surface area contributed by atoms with Crippen molar-refractivity contribution >= 4 is 28.6 Å². The third kappa shape index (κ3) is 3.18. The molecule has 0 radical (unpaired) electrons. The molecule has 0 N–H and O–H groups in total. The van der Waals surface area contributed by atoms with Gasteiger partial charge in [0.15, 0.2) is 0 Å². The van der Waals surface area contributed by atoms with E-state index in [1.807, 2.05) is 39.3 Å². The molecule has 6 atom stereocenters. The molecule has 0 spiro atoms. The van der Waals surface area contributed by atoms with Gasteiger partial charge in [-0.15, -0.1) is 0 Å². The Morgan fingerprint density at radius 1 is 0.625 bits per heavy atom. The lowest BCUT2D eigenvalue weighted by Crippen LogP contribution is -2.57. The molecule has 132 valence electrons. The van der Waals surface area contributed by atoms with Gasteiger partial charge in [-0.1, -0.05) is 24.3 Å². The molecule has 0 aromatic carbocycles. The normalized spacial score (nSPS) is 36.8. The zero-order valence-corrected chi connectivity index (χ0v) is 17.4. The highest BCUT2D eigenvalue weighted by atomic mass is 28.4. The van der Waals surface area contributed by atoms with E-state index >= 15 is 0 Å². The molecule has 4 rings (SSSR count). The van der Waals surface area contributed by atoms with Crippen molar-refractivity contribution in [1.29, 1.82) is 0 Å². The Labute approximate surface area is 146 Å². The van der Waals surface area contributed by atoms with Gasteiger partial charge < -0.3 is 8.85 Å². The second-order valence-corrected chi connectivity index (χ2v) is 18.1. The molecule has 0 aromatic rings. The van der Waals surface area contributed by atoms with E-state index in [0.29, 0.717) is 11.8 Å². The molecule has 24 heavy (non-hydrogen) atoms. The zero-order valence-electron chi connectivity index (χ0n) is 15.4. The Balaban J connectivity index is 1.91. The summed E-state index contributed by atoms with van der Waals surface area (Å²) in [6, 6.07) is 0. The summed E-state index contributed by atoms with van der Waals surface area (Å²) in [7, 11) is -4.00. The van der Waals surface area contributed by atoms with E-state index in [4.69, 9.17) is 8.85 Å². The summed E-state index contributed by atoms with van der Waals surface area (Å²) in [5, 5.41) is 0. The van der Waals surface area contributed by atoms with Crippen LogP contribution in [0.5, 0.6) is 0 Å². The number of fused-ring (bicyclic) bond motifs is 1. The molecule has 1 fully saturated rings. The predicted octanol–water partition coefficient (Wildman–Crippen LogP) is 3.59. The van der Waals surface area contributed by atoms with E-state index in [0.717, 1.165) is 0 Å². The van der Waals surface area contributed by atoms with Gasteiger partial charge in [0.25, 0.3) is 11.9 Å². The van der Waals surface area contributed by atoms with Crippen molar-refractivity contribution in [1.82, 2.24) is 0 Å². The van der Waals surface area contributed by atoms with Crippen LogP contribution in [0.25, 0.3) is 0 Å². The zero-order chi connectivity index (χ0) is 17.9. The molecule has 6 unspecified atom stereocenters. The summed E-state index contributed by atoms with van der Waals surface area (Å²) >= 11 is 0. The fraction of sp³-hybridized carbons (Fsp3) is 0.667. The molecule has 4 aliphatic carbocycles. The Morgan fingerprint density at radius 3 is 1.17 bits per heavy atom. The smallest absolute Gasteiger partial charge is 0.297 e. The van der Waals surface area contributed by atoms with Crippen LogP contribution in [-0.4, -0.2) is 28.6 Å². The van der Waals surface area contributed by atoms with E-state index in [1.165, 1.54) is 0 Å². The van der Waals surface area contributed by atoms with Gasteiger partial charge in [-0.2, -0.15) is 0 Å². The van der Waals surface area contributed by atoms with Gasteiger partial charge >= 0.3 is 0 Å². The van der Waals surface area contributed by atoms with Crippen LogP contribution in [0.4, 0.5) is 0 Å². The first kappa shape index (κ1) is 17.7. The fourth-order valence-electron chi connectivity index (χ4n) is 4.19. The molecule has 0 aromatic heterocycles. The molecule has 0 aliphatic heterocycles. The minimum atomic E-state index is -2.00. The first-order valence-corrected chi connectivity index (χ1v) is 15.6. The average molecular weight is 365 g/mol. The number of hydrogen-bond acceptors (Lipinski definition) is 4. The highest BCUT2D eigenvalue weighted by molar-refractivity contribution is 6.71. The van der Waals surface area contributed by atoms with Crippen LogP contribution in [0, 0.1) is 35.5 Å². The lowest BCUT2D eigenvalue weighted by atomic mass is 9.50. The third-order valence-corrected chi connectivity index (χ3v) is 6.65. The molecule has 0 amide bonds. The molecular weight excluding hydrogens is 336 g/mol. The Bertz CT molecular complexity index is 559. The Hall–Kier alpha value is -1.15. The van der Waals surface area contributed by atoms with Crippen molar-refractivity contribution in [2.24, 2.45) is 35.5 Å². The third-order valence-electron chi connectivity index (χ3n) is 5.02. The standard InChI is InChI=1S/C18H28O4Si2/c1-23(2,3)21-17(19)15-13-9-10-14(12-8-7-11(12)13)16(15)18(20)22-24(4,5)6/h7-16H,1-6H3. The SMILES string of the molecule is C[Si](C)(C)OC(=O)C1C2C=CC(C3C=CC32)C1C(=O)O[Si](C)(C)C. The van der Waals surface area contributed by atoms with Crippen LogP contribution in [0.2, 0.25) is 39.3 Å².